The molecule has 12 nitrogen and oxygen atoms in total. The van der Waals surface area contributed by atoms with Crippen LogP contribution in [0.3, 0.4) is 0 Å². The zero-order valence-corrected chi connectivity index (χ0v) is 25.7. The van der Waals surface area contributed by atoms with Gasteiger partial charge in [-0.25, -0.2) is 5.43 Å². The van der Waals surface area contributed by atoms with Crippen molar-refractivity contribution in [3.8, 4) is 0 Å². The Kier molecular flexibility index (Phi) is 12.2. The Bertz CT molecular complexity index is 1410. The number of piperidine rings is 1. The second kappa shape index (κ2) is 16.5. The molecule has 4 rings (SSSR count). The van der Waals surface area contributed by atoms with Crippen molar-refractivity contribution in [3.63, 3.8) is 0 Å². The number of hydrogen-bond donors (Lipinski definition) is 5. The number of carbonyl (C=O) groups is 6. The molecule has 45 heavy (non-hydrogen) atoms. The Morgan fingerprint density at radius 1 is 0.889 bits per heavy atom. The minimum Gasteiger partial charge on any atom is -0.384 e. The molecule has 5 N–H and O–H groups in total. The summed E-state index contributed by atoms with van der Waals surface area (Å²) >= 11 is 0. The van der Waals surface area contributed by atoms with Crippen LogP contribution in [0, 0.1) is 0 Å². The van der Waals surface area contributed by atoms with Crippen LogP contribution in [0.4, 0.5) is 5.69 Å². The summed E-state index contributed by atoms with van der Waals surface area (Å²) in [6.07, 6.45) is 7.26. The quantitative estimate of drug-likeness (QED) is 0.102. The second-order valence-corrected chi connectivity index (χ2v) is 11.3. The van der Waals surface area contributed by atoms with E-state index in [9.17, 15) is 28.8 Å². The maximum Gasteiger partial charge on any atom is 0.265 e. The highest BCUT2D eigenvalue weighted by atomic mass is 16.2. The number of anilines is 1. The van der Waals surface area contributed by atoms with Crippen molar-refractivity contribution >= 4 is 41.1 Å². The van der Waals surface area contributed by atoms with Crippen LogP contribution >= 0.6 is 0 Å². The van der Waals surface area contributed by atoms with Crippen LogP contribution < -0.4 is 26.8 Å². The number of hydrazine groups is 1. The fourth-order valence-electron chi connectivity index (χ4n) is 5.39. The van der Waals surface area contributed by atoms with Gasteiger partial charge in [0, 0.05) is 43.7 Å². The lowest BCUT2D eigenvalue weighted by Crippen LogP contribution is -2.54. The van der Waals surface area contributed by atoms with E-state index in [2.05, 4.69) is 33.7 Å². The summed E-state index contributed by atoms with van der Waals surface area (Å²) in [6, 6.07) is 11.1. The van der Waals surface area contributed by atoms with Gasteiger partial charge >= 0.3 is 0 Å². The maximum atomic E-state index is 13.2. The SMILES string of the molecule is CCCCCCNNC(=O)c1ccc(CNC(=O)CCCCCNc2cccc3c2C(=O)N(C2CCC(=O)NC2=O)C3=O)cc1. The lowest BCUT2D eigenvalue weighted by atomic mass is 10.0. The van der Waals surface area contributed by atoms with Gasteiger partial charge in [-0.1, -0.05) is 50.8 Å². The summed E-state index contributed by atoms with van der Waals surface area (Å²) in [7, 11) is 0. The van der Waals surface area contributed by atoms with Crippen molar-refractivity contribution in [1.29, 1.82) is 0 Å². The van der Waals surface area contributed by atoms with Gasteiger partial charge in [-0.3, -0.25) is 44.4 Å². The zero-order valence-electron chi connectivity index (χ0n) is 25.7. The first-order chi connectivity index (χ1) is 21.8. The van der Waals surface area contributed by atoms with Crippen LogP contribution in [-0.2, 0) is 20.9 Å². The number of amides is 6. The van der Waals surface area contributed by atoms with E-state index in [0.717, 1.165) is 42.7 Å². The first kappa shape index (κ1) is 33.3. The third-order valence-electron chi connectivity index (χ3n) is 7.93. The number of nitrogens with zero attached hydrogens (tertiary/aromatic N) is 1. The fraction of sp³-hybridized carbons (Fsp3) is 0.455. The highest BCUT2D eigenvalue weighted by Crippen LogP contribution is 2.32. The predicted molar refractivity (Wildman–Crippen MR) is 168 cm³/mol. The number of nitrogens with one attached hydrogen (secondary N) is 5. The normalized spacial score (nSPS) is 15.9. The first-order valence-corrected chi connectivity index (χ1v) is 15.8. The van der Waals surface area contributed by atoms with Crippen LogP contribution in [-0.4, -0.2) is 59.5 Å². The van der Waals surface area contributed by atoms with Crippen LogP contribution in [0.2, 0.25) is 0 Å². The lowest BCUT2D eigenvalue weighted by molar-refractivity contribution is -0.136. The molecule has 1 saturated heterocycles. The molecule has 2 aliphatic rings. The summed E-state index contributed by atoms with van der Waals surface area (Å²) in [5.41, 5.74) is 8.09. The monoisotopic (exact) mass is 618 g/mol. The molecule has 1 atom stereocenters. The molecule has 0 bridgehead atoms. The van der Waals surface area contributed by atoms with E-state index in [-0.39, 0.29) is 35.8 Å². The van der Waals surface area contributed by atoms with Gasteiger partial charge in [0.2, 0.25) is 17.7 Å². The number of unbranched alkanes of at least 4 members (excludes halogenated alkanes) is 5. The molecule has 2 aromatic carbocycles. The Balaban J connectivity index is 1.13. The second-order valence-electron chi connectivity index (χ2n) is 11.3. The molecular formula is C33H42N6O6. The molecule has 0 aromatic heterocycles. The van der Waals surface area contributed by atoms with E-state index in [1.54, 1.807) is 30.3 Å². The van der Waals surface area contributed by atoms with E-state index in [0.29, 0.717) is 37.2 Å². The van der Waals surface area contributed by atoms with Gasteiger partial charge < -0.3 is 10.6 Å². The Hall–Kier alpha value is -4.58. The van der Waals surface area contributed by atoms with Crippen LogP contribution in [0.1, 0.15) is 108 Å². The van der Waals surface area contributed by atoms with Crippen molar-refractivity contribution < 1.29 is 28.8 Å². The zero-order chi connectivity index (χ0) is 32.2. The third kappa shape index (κ3) is 8.98. The largest absolute Gasteiger partial charge is 0.384 e. The molecule has 2 heterocycles. The highest BCUT2D eigenvalue weighted by Gasteiger charge is 2.45. The Morgan fingerprint density at radius 3 is 2.40 bits per heavy atom. The standard InChI is InChI=1S/C33H42N6O6/c1-2-3-4-8-20-36-38-30(42)23-15-13-22(14-16-23)21-35-27(40)12-6-5-7-19-34-25-11-9-10-24-29(25)33(45)39(32(24)44)26-17-18-28(41)37-31(26)43/h9-11,13-16,26,34,36H,2-8,12,17-21H2,1H3,(H,35,40)(H,38,42)(H,37,41,43). The summed E-state index contributed by atoms with van der Waals surface area (Å²) in [4.78, 5) is 75.5. The first-order valence-electron chi connectivity index (χ1n) is 15.8. The fourth-order valence-corrected chi connectivity index (χ4v) is 5.39. The molecule has 0 saturated carbocycles. The number of benzene rings is 2. The Labute approximate surface area is 263 Å². The van der Waals surface area contributed by atoms with E-state index < -0.39 is 29.7 Å². The van der Waals surface area contributed by atoms with Gasteiger partial charge in [0.05, 0.1) is 11.1 Å². The van der Waals surface area contributed by atoms with Gasteiger partial charge in [0.15, 0.2) is 0 Å². The molecule has 0 radical (unpaired) electrons. The minimum absolute atomic E-state index is 0.0596. The van der Waals surface area contributed by atoms with Gasteiger partial charge in [-0.2, -0.15) is 0 Å². The van der Waals surface area contributed by atoms with Gasteiger partial charge in [0.25, 0.3) is 17.7 Å². The van der Waals surface area contributed by atoms with E-state index in [1.165, 1.54) is 12.8 Å². The van der Waals surface area contributed by atoms with Gasteiger partial charge in [0.1, 0.15) is 6.04 Å². The topological polar surface area (TPSA) is 166 Å². The molecular weight excluding hydrogens is 576 g/mol. The molecule has 0 aliphatic carbocycles. The maximum absolute atomic E-state index is 13.2. The lowest BCUT2D eigenvalue weighted by Gasteiger charge is -2.27. The highest BCUT2D eigenvalue weighted by molar-refractivity contribution is 6.25. The third-order valence-corrected chi connectivity index (χ3v) is 7.93. The van der Waals surface area contributed by atoms with Crippen molar-refractivity contribution in [2.75, 3.05) is 18.4 Å². The van der Waals surface area contributed by atoms with Crippen LogP contribution in [0.25, 0.3) is 0 Å². The van der Waals surface area contributed by atoms with Crippen molar-refractivity contribution in [1.82, 2.24) is 26.4 Å². The van der Waals surface area contributed by atoms with Gasteiger partial charge in [-0.15, -0.1) is 0 Å². The number of rotatable bonds is 17. The van der Waals surface area contributed by atoms with E-state index in [1.807, 2.05) is 12.1 Å². The molecule has 12 heteroatoms. The van der Waals surface area contributed by atoms with Gasteiger partial charge in [-0.05, 0) is 55.5 Å². The van der Waals surface area contributed by atoms with E-state index in [4.69, 9.17) is 0 Å². The molecule has 2 aliphatic heterocycles. The molecule has 1 fully saturated rings. The predicted octanol–water partition coefficient (Wildman–Crippen LogP) is 3.19. The molecule has 0 spiro atoms. The average Bonchev–Trinajstić information content (AvgIpc) is 3.29. The number of carbonyl (C=O) groups excluding carboxylic acids is 6. The smallest absolute Gasteiger partial charge is 0.265 e. The van der Waals surface area contributed by atoms with Crippen molar-refractivity contribution in [3.05, 3.63) is 64.7 Å². The number of imide groups is 2. The summed E-state index contributed by atoms with van der Waals surface area (Å²) < 4.78 is 0. The molecule has 6 amide bonds. The van der Waals surface area contributed by atoms with Crippen molar-refractivity contribution in [2.24, 2.45) is 0 Å². The van der Waals surface area contributed by atoms with Crippen LogP contribution in [0.15, 0.2) is 42.5 Å². The number of fused-ring (bicyclic) bond motifs is 1. The van der Waals surface area contributed by atoms with Crippen LogP contribution in [0.5, 0.6) is 0 Å². The summed E-state index contributed by atoms with van der Waals surface area (Å²) in [6.45, 7) is 3.80. The number of hydrogen-bond acceptors (Lipinski definition) is 8. The molecule has 2 aromatic rings. The van der Waals surface area contributed by atoms with Crippen molar-refractivity contribution in [2.45, 2.75) is 83.7 Å². The summed E-state index contributed by atoms with van der Waals surface area (Å²) in [5.74, 6) is -2.40. The average molecular weight is 619 g/mol. The molecule has 1 unspecified atom stereocenters. The molecule has 240 valence electrons. The van der Waals surface area contributed by atoms with E-state index >= 15 is 0 Å². The minimum atomic E-state index is -1.01. The summed E-state index contributed by atoms with van der Waals surface area (Å²) in [5, 5.41) is 8.33. The Morgan fingerprint density at radius 2 is 1.64 bits per heavy atom.